The molecule has 0 saturated carbocycles. The van der Waals surface area contributed by atoms with Gasteiger partial charge in [0.25, 0.3) is 0 Å². The van der Waals surface area contributed by atoms with E-state index in [4.69, 9.17) is 5.73 Å². The Morgan fingerprint density at radius 1 is 1.53 bits per heavy atom. The minimum absolute atomic E-state index is 0.150. The van der Waals surface area contributed by atoms with Gasteiger partial charge in [0.2, 0.25) is 5.91 Å². The summed E-state index contributed by atoms with van der Waals surface area (Å²) >= 11 is 0. The number of nitrogens with zero attached hydrogens (tertiary/aromatic N) is 1. The Morgan fingerprint density at radius 2 is 2.29 bits per heavy atom. The van der Waals surface area contributed by atoms with Crippen LogP contribution in [0.5, 0.6) is 0 Å². The molecule has 1 atom stereocenters. The number of likely N-dealkylation sites (tertiary alicyclic amines) is 1. The Hall–Kier alpha value is -0.610. The van der Waals surface area contributed by atoms with Gasteiger partial charge < -0.3 is 16.0 Å². The van der Waals surface area contributed by atoms with Gasteiger partial charge in [-0.15, -0.1) is 0 Å². The van der Waals surface area contributed by atoms with Gasteiger partial charge in [0.1, 0.15) is 0 Å². The molecule has 3 N–H and O–H groups in total. The first-order valence-corrected chi connectivity index (χ1v) is 6.84. The quantitative estimate of drug-likeness (QED) is 0.728. The second kappa shape index (κ2) is 7.67. The number of hydrogen-bond acceptors (Lipinski definition) is 3. The molecule has 4 nitrogen and oxygen atoms in total. The lowest BCUT2D eigenvalue weighted by Gasteiger charge is -2.35. The fourth-order valence-electron chi connectivity index (χ4n) is 2.34. The van der Waals surface area contributed by atoms with E-state index in [-0.39, 0.29) is 5.91 Å². The average Bonchev–Trinajstić information content (AvgIpc) is 2.34. The molecular weight excluding hydrogens is 214 g/mol. The Bertz CT molecular complexity index is 231. The largest absolute Gasteiger partial charge is 0.356 e. The highest BCUT2D eigenvalue weighted by Gasteiger charge is 2.21. The number of nitrogens with one attached hydrogen (secondary N) is 1. The maximum Gasteiger partial charge on any atom is 0.220 e. The Balaban J connectivity index is 2.20. The summed E-state index contributed by atoms with van der Waals surface area (Å²) in [6, 6.07) is 0.616. The van der Waals surface area contributed by atoms with Gasteiger partial charge in [-0.3, -0.25) is 4.79 Å². The molecule has 0 aromatic rings. The van der Waals surface area contributed by atoms with Gasteiger partial charge in [-0.05, 0) is 52.1 Å². The number of nitrogens with two attached hydrogens (primary N) is 1. The van der Waals surface area contributed by atoms with Crippen molar-refractivity contribution in [3.63, 3.8) is 0 Å². The van der Waals surface area contributed by atoms with E-state index in [0.717, 1.165) is 19.5 Å². The summed E-state index contributed by atoms with van der Waals surface area (Å²) in [7, 11) is 0. The van der Waals surface area contributed by atoms with Crippen LogP contribution in [0.25, 0.3) is 0 Å². The van der Waals surface area contributed by atoms with E-state index in [1.54, 1.807) is 0 Å². The predicted molar refractivity (Wildman–Crippen MR) is 70.7 cm³/mol. The number of amides is 1. The fourth-order valence-corrected chi connectivity index (χ4v) is 2.34. The zero-order chi connectivity index (χ0) is 12.7. The van der Waals surface area contributed by atoms with Crippen LogP contribution in [-0.2, 0) is 4.79 Å². The standard InChI is InChI=1S/C13H27N3O/c1-11(2)16-8-4-5-12(10-16)9-15-13(17)6-3-7-14/h11-12H,3-10,14H2,1-2H3,(H,15,17). The summed E-state index contributed by atoms with van der Waals surface area (Å²) in [6.07, 6.45) is 3.84. The van der Waals surface area contributed by atoms with Crippen molar-refractivity contribution in [2.75, 3.05) is 26.2 Å². The molecule has 0 spiro atoms. The van der Waals surface area contributed by atoms with E-state index in [0.29, 0.717) is 24.9 Å². The number of rotatable bonds is 6. The zero-order valence-electron chi connectivity index (χ0n) is 11.2. The van der Waals surface area contributed by atoms with Gasteiger partial charge in [-0.2, -0.15) is 0 Å². The lowest BCUT2D eigenvalue weighted by atomic mass is 9.97. The number of carbonyl (C=O) groups excluding carboxylic acids is 1. The highest BCUT2D eigenvalue weighted by Crippen LogP contribution is 2.17. The lowest BCUT2D eigenvalue weighted by molar-refractivity contribution is -0.121. The van der Waals surface area contributed by atoms with Crippen molar-refractivity contribution < 1.29 is 4.79 Å². The van der Waals surface area contributed by atoms with E-state index in [1.165, 1.54) is 19.4 Å². The van der Waals surface area contributed by atoms with E-state index < -0.39 is 0 Å². The average molecular weight is 241 g/mol. The normalized spacial score (nSPS) is 21.8. The lowest BCUT2D eigenvalue weighted by Crippen LogP contribution is -2.43. The Kier molecular flexibility index (Phi) is 6.52. The molecule has 1 saturated heterocycles. The summed E-state index contributed by atoms with van der Waals surface area (Å²) in [6.45, 7) is 8.22. The van der Waals surface area contributed by atoms with Crippen LogP contribution in [0.4, 0.5) is 0 Å². The van der Waals surface area contributed by atoms with E-state index >= 15 is 0 Å². The molecule has 0 bridgehead atoms. The van der Waals surface area contributed by atoms with Crippen LogP contribution in [0.3, 0.4) is 0 Å². The Morgan fingerprint density at radius 3 is 2.94 bits per heavy atom. The summed E-state index contributed by atoms with van der Waals surface area (Å²) in [5, 5.41) is 3.03. The molecule has 1 aliphatic heterocycles. The van der Waals surface area contributed by atoms with E-state index in [9.17, 15) is 4.79 Å². The SMILES string of the molecule is CC(C)N1CCCC(CNC(=O)CCCN)C1. The van der Waals surface area contributed by atoms with Crippen LogP contribution in [-0.4, -0.2) is 43.0 Å². The topological polar surface area (TPSA) is 58.4 Å². The van der Waals surface area contributed by atoms with Crippen molar-refractivity contribution in [3.05, 3.63) is 0 Å². The summed E-state index contributed by atoms with van der Waals surface area (Å²) in [5.41, 5.74) is 5.38. The van der Waals surface area contributed by atoms with Gasteiger partial charge >= 0.3 is 0 Å². The molecule has 0 aliphatic carbocycles. The molecule has 0 aromatic carbocycles. The monoisotopic (exact) mass is 241 g/mol. The van der Waals surface area contributed by atoms with Crippen molar-refractivity contribution in [2.24, 2.45) is 11.7 Å². The smallest absolute Gasteiger partial charge is 0.220 e. The number of carbonyl (C=O) groups is 1. The number of piperidine rings is 1. The van der Waals surface area contributed by atoms with E-state index in [1.807, 2.05) is 0 Å². The van der Waals surface area contributed by atoms with Crippen molar-refractivity contribution in [1.29, 1.82) is 0 Å². The summed E-state index contributed by atoms with van der Waals surface area (Å²) in [5.74, 6) is 0.769. The molecule has 1 amide bonds. The second-order valence-corrected chi connectivity index (χ2v) is 5.29. The first-order chi connectivity index (χ1) is 8.13. The van der Waals surface area contributed by atoms with Gasteiger partial charge in [-0.1, -0.05) is 0 Å². The molecule has 1 aliphatic rings. The molecule has 1 rings (SSSR count). The van der Waals surface area contributed by atoms with Crippen molar-refractivity contribution in [1.82, 2.24) is 10.2 Å². The fraction of sp³-hybridized carbons (Fsp3) is 0.923. The third-order valence-corrected chi connectivity index (χ3v) is 3.48. The minimum Gasteiger partial charge on any atom is -0.356 e. The number of hydrogen-bond donors (Lipinski definition) is 2. The second-order valence-electron chi connectivity index (χ2n) is 5.29. The molecule has 17 heavy (non-hydrogen) atoms. The van der Waals surface area contributed by atoms with Crippen LogP contribution in [0.1, 0.15) is 39.5 Å². The van der Waals surface area contributed by atoms with Crippen molar-refractivity contribution >= 4 is 5.91 Å². The van der Waals surface area contributed by atoms with Gasteiger partial charge in [0, 0.05) is 25.6 Å². The maximum absolute atomic E-state index is 11.5. The summed E-state index contributed by atoms with van der Waals surface area (Å²) in [4.78, 5) is 14.0. The molecule has 1 unspecified atom stereocenters. The van der Waals surface area contributed by atoms with E-state index in [2.05, 4.69) is 24.1 Å². The maximum atomic E-state index is 11.5. The molecule has 0 radical (unpaired) electrons. The van der Waals surface area contributed by atoms with Crippen LogP contribution in [0, 0.1) is 5.92 Å². The molecule has 4 heteroatoms. The van der Waals surface area contributed by atoms with Crippen molar-refractivity contribution in [2.45, 2.75) is 45.6 Å². The van der Waals surface area contributed by atoms with Crippen molar-refractivity contribution in [3.8, 4) is 0 Å². The molecule has 100 valence electrons. The molecule has 1 heterocycles. The van der Waals surface area contributed by atoms with Gasteiger partial charge in [0.05, 0.1) is 0 Å². The van der Waals surface area contributed by atoms with Crippen LogP contribution in [0.15, 0.2) is 0 Å². The highest BCUT2D eigenvalue weighted by atomic mass is 16.1. The third kappa shape index (κ3) is 5.50. The van der Waals surface area contributed by atoms with Gasteiger partial charge in [0.15, 0.2) is 0 Å². The zero-order valence-corrected chi connectivity index (χ0v) is 11.2. The Labute approximate surface area is 105 Å². The highest BCUT2D eigenvalue weighted by molar-refractivity contribution is 5.75. The van der Waals surface area contributed by atoms with Gasteiger partial charge in [-0.25, -0.2) is 0 Å². The minimum atomic E-state index is 0.150. The summed E-state index contributed by atoms with van der Waals surface area (Å²) < 4.78 is 0. The molecule has 0 aromatic heterocycles. The first-order valence-electron chi connectivity index (χ1n) is 6.84. The van der Waals surface area contributed by atoms with Crippen LogP contribution >= 0.6 is 0 Å². The van der Waals surface area contributed by atoms with Crippen LogP contribution < -0.4 is 11.1 Å². The molecule has 1 fully saturated rings. The molecular formula is C13H27N3O. The third-order valence-electron chi connectivity index (χ3n) is 3.48. The predicted octanol–water partition coefficient (Wildman–Crippen LogP) is 0.962. The van der Waals surface area contributed by atoms with Crippen LogP contribution in [0.2, 0.25) is 0 Å². The first kappa shape index (κ1) is 14.5.